The van der Waals surface area contributed by atoms with Gasteiger partial charge in [0.2, 0.25) is 11.8 Å². The van der Waals surface area contributed by atoms with Gasteiger partial charge in [-0.25, -0.2) is 9.48 Å². The summed E-state index contributed by atoms with van der Waals surface area (Å²) in [4.78, 5) is 42.9. The number of rotatable bonds is 7. The second-order valence-electron chi connectivity index (χ2n) is 7.26. The van der Waals surface area contributed by atoms with Crippen LogP contribution in [0.4, 0.5) is 0 Å². The molecule has 2 aliphatic heterocycles. The highest BCUT2D eigenvalue weighted by atomic mass is 32.2. The number of nitrogens with one attached hydrogen (secondary N) is 1. The summed E-state index contributed by atoms with van der Waals surface area (Å²) in [6.07, 6.45) is 0.565. The predicted octanol–water partition coefficient (Wildman–Crippen LogP) is -0.331. The zero-order valence-corrected chi connectivity index (χ0v) is 19.0. The Kier molecular flexibility index (Phi) is 5.94. The van der Waals surface area contributed by atoms with E-state index in [9.17, 15) is 19.5 Å². The Morgan fingerprint density at radius 2 is 2.19 bits per heavy atom. The van der Waals surface area contributed by atoms with Crippen LogP contribution in [0.1, 0.15) is 42.6 Å². The van der Waals surface area contributed by atoms with Gasteiger partial charge in [-0.3, -0.25) is 14.5 Å². The maximum absolute atomic E-state index is 12.9. The molecule has 15 heteroatoms. The van der Waals surface area contributed by atoms with Crippen molar-refractivity contribution in [3.05, 3.63) is 28.8 Å². The van der Waals surface area contributed by atoms with Crippen LogP contribution in [0.2, 0.25) is 0 Å². The van der Waals surface area contributed by atoms with Crippen molar-refractivity contribution in [2.24, 2.45) is 7.05 Å². The van der Waals surface area contributed by atoms with Gasteiger partial charge in [-0.05, 0) is 22.9 Å². The van der Waals surface area contributed by atoms with Crippen LogP contribution >= 0.6 is 24.4 Å². The van der Waals surface area contributed by atoms with Crippen LogP contribution in [-0.4, -0.2) is 75.3 Å². The molecule has 2 aromatic heterocycles. The zero-order chi connectivity index (χ0) is 23.2. The number of hydrogen-bond acceptors (Lipinski definition) is 11. The Labute approximate surface area is 191 Å². The lowest BCUT2D eigenvalue weighted by Gasteiger charge is -2.50. The predicted molar refractivity (Wildman–Crippen MR) is 112 cm³/mol. The van der Waals surface area contributed by atoms with Gasteiger partial charge in [0.15, 0.2) is 11.6 Å². The number of aliphatic carboxylic acids is 1. The van der Waals surface area contributed by atoms with Crippen LogP contribution < -0.4 is 5.32 Å². The second kappa shape index (κ2) is 8.54. The molecule has 0 bridgehead atoms. The summed E-state index contributed by atoms with van der Waals surface area (Å²) >= 11 is 5.84. The van der Waals surface area contributed by atoms with Crippen molar-refractivity contribution >= 4 is 42.2 Å². The number of aromatic nitrogens is 6. The molecule has 4 rings (SSSR count). The number of nitrogens with zero attached hydrogens (tertiary/aromatic N) is 7. The van der Waals surface area contributed by atoms with Crippen LogP contribution in [0.25, 0.3) is 0 Å². The average molecular weight is 481 g/mol. The first kappa shape index (κ1) is 22.3. The minimum atomic E-state index is -1.26. The van der Waals surface area contributed by atoms with Crippen LogP contribution in [-0.2, 0) is 27.9 Å². The molecule has 4 atom stereocenters. The Bertz CT molecular complexity index is 1110. The molecule has 0 spiro atoms. The summed E-state index contributed by atoms with van der Waals surface area (Å²) in [6.45, 7) is 3.46. The van der Waals surface area contributed by atoms with E-state index in [4.69, 9.17) is 4.52 Å². The number of thioether (sulfide) groups is 1. The highest BCUT2D eigenvalue weighted by molar-refractivity contribution is 8.00. The first-order valence-electron chi connectivity index (χ1n) is 9.68. The van der Waals surface area contributed by atoms with E-state index in [1.165, 1.54) is 21.3 Å². The molecular formula is C17H20N8O5S2. The van der Waals surface area contributed by atoms with Crippen LogP contribution in [0.5, 0.6) is 0 Å². The van der Waals surface area contributed by atoms with E-state index in [-0.39, 0.29) is 17.3 Å². The number of amides is 2. The summed E-state index contributed by atoms with van der Waals surface area (Å²) in [5, 5.41) is 26.2. The highest BCUT2D eigenvalue weighted by Crippen LogP contribution is 2.44. The number of carboxylic acids is 1. The minimum Gasteiger partial charge on any atom is -0.477 e. The maximum Gasteiger partial charge on any atom is 0.352 e. The fourth-order valence-electron chi connectivity index (χ4n) is 3.45. The molecule has 2 N–H and O–H groups in total. The summed E-state index contributed by atoms with van der Waals surface area (Å²) < 4.78 is 6.50. The number of carbonyl (C=O) groups is 3. The van der Waals surface area contributed by atoms with E-state index >= 15 is 0 Å². The van der Waals surface area contributed by atoms with Gasteiger partial charge < -0.3 is 14.9 Å². The topological polar surface area (TPSA) is 169 Å². The van der Waals surface area contributed by atoms with Crippen molar-refractivity contribution in [3.63, 3.8) is 0 Å². The molecule has 13 nitrogen and oxygen atoms in total. The lowest BCUT2D eigenvalue weighted by atomic mass is 10.00. The molecule has 1 saturated heterocycles. The maximum atomic E-state index is 12.9. The molecule has 0 radical (unpaired) electrons. The van der Waals surface area contributed by atoms with E-state index in [1.54, 1.807) is 14.0 Å². The van der Waals surface area contributed by atoms with Crippen molar-refractivity contribution in [3.8, 4) is 0 Å². The first-order chi connectivity index (χ1) is 15.2. The van der Waals surface area contributed by atoms with E-state index < -0.39 is 40.4 Å². The van der Waals surface area contributed by atoms with Gasteiger partial charge in [-0.1, -0.05) is 12.1 Å². The number of aryl methyl sites for hydroxylation is 2. The third-order valence-corrected chi connectivity index (χ3v) is 7.13. The lowest BCUT2D eigenvalue weighted by Crippen LogP contribution is -2.70. The minimum absolute atomic E-state index is 0.155. The average Bonchev–Trinajstić information content (AvgIpc) is 3.43. The van der Waals surface area contributed by atoms with E-state index in [2.05, 4.69) is 43.6 Å². The number of hydrogen-bond donors (Lipinski definition) is 3. The monoisotopic (exact) mass is 480 g/mol. The number of carboxylic acid groups (broad SMARTS) is 1. The van der Waals surface area contributed by atoms with E-state index in [0.717, 1.165) is 0 Å². The quantitative estimate of drug-likeness (QED) is 0.350. The van der Waals surface area contributed by atoms with Crippen molar-refractivity contribution in [2.75, 3.05) is 5.75 Å². The number of tetrazole rings is 1. The van der Waals surface area contributed by atoms with Gasteiger partial charge in [0.1, 0.15) is 23.0 Å². The molecule has 170 valence electrons. The molecule has 1 fully saturated rings. The lowest BCUT2D eigenvalue weighted by molar-refractivity contribution is -0.150. The summed E-state index contributed by atoms with van der Waals surface area (Å²) in [6, 6.07) is -0.866. The molecule has 32 heavy (non-hydrogen) atoms. The largest absolute Gasteiger partial charge is 0.477 e. The summed E-state index contributed by atoms with van der Waals surface area (Å²) in [7, 11) is 1.62. The van der Waals surface area contributed by atoms with Crippen molar-refractivity contribution in [1.29, 1.82) is 0 Å². The molecule has 2 aliphatic rings. The Morgan fingerprint density at radius 3 is 2.78 bits per heavy atom. The summed E-state index contributed by atoms with van der Waals surface area (Å²) in [5.74, 6) is -1.72. The second-order valence-corrected chi connectivity index (χ2v) is 8.88. The summed E-state index contributed by atoms with van der Waals surface area (Å²) in [5.41, 5.74) is 0.245. The molecule has 4 heterocycles. The van der Waals surface area contributed by atoms with Crippen molar-refractivity contribution < 1.29 is 24.0 Å². The zero-order valence-electron chi connectivity index (χ0n) is 17.3. The number of carbonyl (C=O) groups excluding carboxylic acids is 2. The van der Waals surface area contributed by atoms with Crippen LogP contribution in [0.3, 0.4) is 0 Å². The number of β-lactam (4-membered cyclic amide) rings is 1. The highest BCUT2D eigenvalue weighted by Gasteiger charge is 2.55. The van der Waals surface area contributed by atoms with Crippen molar-refractivity contribution in [1.82, 2.24) is 40.6 Å². The normalized spacial score (nSPS) is 22.2. The molecule has 2 amide bonds. The van der Waals surface area contributed by atoms with Crippen LogP contribution in [0.15, 0.2) is 15.8 Å². The number of thiol groups is 1. The van der Waals surface area contributed by atoms with Gasteiger partial charge in [-0.2, -0.15) is 17.6 Å². The third kappa shape index (κ3) is 3.64. The molecule has 3 unspecified atom stereocenters. The SMILES string of the molecule is CCc1noc(C(C)C(=O)NC2C(=O)N3C(C(=O)O)=C(C(S)c4nnnn4C)CS[C@H]23)n1. The Balaban J connectivity index is 1.52. The standard InChI is InChI=1S/C17H20N8O5S2/c1-4-8-18-14(30-21-8)6(2)13(26)19-9-15(27)25-10(17(28)29)7(5-32-16(9)25)11(31)12-20-22-23-24(12)3/h6,9,11,16,31H,4-5H2,1-3H3,(H,19,26)(H,28,29)/t6?,9?,11?,16-/m1/s1. The van der Waals surface area contributed by atoms with Gasteiger partial charge in [-0.15, -0.1) is 16.9 Å². The smallest absolute Gasteiger partial charge is 0.352 e. The molecule has 2 aromatic rings. The third-order valence-electron chi connectivity index (χ3n) is 5.29. The molecule has 0 saturated carbocycles. The van der Waals surface area contributed by atoms with Crippen LogP contribution in [0, 0.1) is 0 Å². The molecule has 0 aromatic carbocycles. The van der Waals surface area contributed by atoms with Gasteiger partial charge in [0.05, 0.1) is 5.25 Å². The van der Waals surface area contributed by atoms with E-state index in [1.807, 2.05) is 6.92 Å². The van der Waals surface area contributed by atoms with E-state index in [0.29, 0.717) is 23.6 Å². The first-order valence-corrected chi connectivity index (χ1v) is 11.2. The van der Waals surface area contributed by atoms with Gasteiger partial charge in [0, 0.05) is 19.2 Å². The Morgan fingerprint density at radius 1 is 1.44 bits per heavy atom. The fraction of sp³-hybridized carbons (Fsp3) is 0.529. The molecular weight excluding hydrogens is 460 g/mol. The fourth-order valence-corrected chi connectivity index (χ4v) is 5.40. The molecule has 0 aliphatic carbocycles. The Hall–Kier alpha value is -2.94. The number of fused-ring (bicyclic) bond motifs is 1. The van der Waals surface area contributed by atoms with Crippen molar-refractivity contribution in [2.45, 2.75) is 42.9 Å². The van der Waals surface area contributed by atoms with Gasteiger partial charge >= 0.3 is 5.97 Å². The van der Waals surface area contributed by atoms with Gasteiger partial charge in [0.25, 0.3) is 5.91 Å².